The van der Waals surface area contributed by atoms with Gasteiger partial charge >= 0.3 is 5.97 Å². The number of hydrogen-bond acceptors (Lipinski definition) is 5. The molecule has 1 aromatic heterocycles. The van der Waals surface area contributed by atoms with Crippen molar-refractivity contribution in [2.45, 2.75) is 39.5 Å². The van der Waals surface area contributed by atoms with E-state index in [9.17, 15) is 9.59 Å². The van der Waals surface area contributed by atoms with E-state index < -0.39 is 5.97 Å². The molecule has 1 aromatic carbocycles. The average Bonchev–Trinajstić information content (AvgIpc) is 3.03. The fourth-order valence-corrected chi connectivity index (χ4v) is 4.41. The molecule has 2 aromatic rings. The maximum atomic E-state index is 12.8. The van der Waals surface area contributed by atoms with Gasteiger partial charge in [0.25, 0.3) is 5.91 Å². The van der Waals surface area contributed by atoms with E-state index in [1.54, 1.807) is 18.2 Å². The molecule has 0 bridgehead atoms. The molecule has 0 spiro atoms. The minimum Gasteiger partial charge on any atom is -0.493 e. The van der Waals surface area contributed by atoms with E-state index in [0.717, 1.165) is 31.2 Å². The Morgan fingerprint density at radius 1 is 1.22 bits per heavy atom. The van der Waals surface area contributed by atoms with Gasteiger partial charge in [-0.1, -0.05) is 19.9 Å². The van der Waals surface area contributed by atoms with Gasteiger partial charge in [-0.2, -0.15) is 0 Å². The maximum Gasteiger partial charge on any atom is 0.341 e. The number of benzene rings is 1. The molecule has 27 heavy (non-hydrogen) atoms. The number of fused-ring (bicyclic) bond motifs is 1. The Hall–Kier alpha value is -2.34. The number of rotatable bonds is 6. The fraction of sp³-hybridized carbons (Fsp3) is 0.429. The topological polar surface area (TPSA) is 64.6 Å². The molecule has 1 N–H and O–H groups in total. The molecule has 0 radical (unpaired) electrons. The highest BCUT2D eigenvalue weighted by Gasteiger charge is 2.27. The van der Waals surface area contributed by atoms with Crippen LogP contribution in [0.15, 0.2) is 24.3 Å². The van der Waals surface area contributed by atoms with E-state index in [2.05, 4.69) is 19.2 Å². The molecular weight excluding hydrogens is 362 g/mol. The molecule has 1 heterocycles. The number of amides is 1. The minimum absolute atomic E-state index is 0.256. The number of hydrogen-bond donors (Lipinski definition) is 1. The third-order valence-corrected chi connectivity index (χ3v) is 5.67. The Morgan fingerprint density at radius 3 is 2.74 bits per heavy atom. The van der Waals surface area contributed by atoms with Gasteiger partial charge in [-0.3, -0.25) is 4.79 Å². The molecule has 0 unspecified atom stereocenters. The number of ether oxygens (including phenoxy) is 2. The van der Waals surface area contributed by atoms with Crippen LogP contribution in [0, 0.1) is 5.92 Å². The van der Waals surface area contributed by atoms with Crippen LogP contribution < -0.4 is 10.1 Å². The number of carbonyl (C=O) groups excluding carboxylic acids is 2. The zero-order valence-electron chi connectivity index (χ0n) is 16.0. The molecular formula is C21H25NO4S. The molecule has 3 rings (SSSR count). The fourth-order valence-electron chi connectivity index (χ4n) is 3.14. The van der Waals surface area contributed by atoms with Gasteiger partial charge < -0.3 is 14.8 Å². The smallest absolute Gasteiger partial charge is 0.341 e. The quantitative estimate of drug-likeness (QED) is 0.730. The van der Waals surface area contributed by atoms with Gasteiger partial charge in [-0.15, -0.1) is 11.3 Å². The Kier molecular flexibility index (Phi) is 6.16. The summed E-state index contributed by atoms with van der Waals surface area (Å²) in [6.45, 7) is 4.74. The third kappa shape index (κ3) is 4.50. The summed E-state index contributed by atoms with van der Waals surface area (Å²) < 4.78 is 10.7. The van der Waals surface area contributed by atoms with Crippen molar-refractivity contribution in [1.82, 2.24) is 0 Å². The van der Waals surface area contributed by atoms with Gasteiger partial charge in [0.2, 0.25) is 0 Å². The van der Waals surface area contributed by atoms with Gasteiger partial charge in [-0.25, -0.2) is 4.79 Å². The first-order valence-corrected chi connectivity index (χ1v) is 10.1. The first kappa shape index (κ1) is 19.4. The molecule has 6 heteroatoms. The molecule has 0 aliphatic heterocycles. The zero-order chi connectivity index (χ0) is 19.4. The highest BCUT2D eigenvalue weighted by atomic mass is 32.1. The molecule has 0 saturated heterocycles. The van der Waals surface area contributed by atoms with Crippen LogP contribution >= 0.6 is 11.3 Å². The highest BCUT2D eigenvalue weighted by molar-refractivity contribution is 7.17. The minimum atomic E-state index is -0.390. The summed E-state index contributed by atoms with van der Waals surface area (Å²) in [6, 6.07) is 7.10. The largest absolute Gasteiger partial charge is 0.493 e. The maximum absolute atomic E-state index is 12.8. The van der Waals surface area contributed by atoms with E-state index in [1.807, 2.05) is 6.07 Å². The van der Waals surface area contributed by atoms with Crippen molar-refractivity contribution in [3.63, 3.8) is 0 Å². The van der Waals surface area contributed by atoms with Crippen molar-refractivity contribution in [2.24, 2.45) is 5.92 Å². The van der Waals surface area contributed by atoms with Gasteiger partial charge in [0.1, 0.15) is 10.8 Å². The van der Waals surface area contributed by atoms with E-state index in [4.69, 9.17) is 9.47 Å². The standard InChI is InChI=1S/C21H25NO4S/c1-13(2)12-26-15-8-6-7-14(11-15)19(23)22-20-18(21(24)25-3)16-9-4-5-10-17(16)27-20/h6-8,11,13H,4-5,9-10,12H2,1-3H3,(H,22,23). The zero-order valence-corrected chi connectivity index (χ0v) is 16.8. The van der Waals surface area contributed by atoms with Gasteiger partial charge in [0.15, 0.2) is 0 Å². The third-order valence-electron chi connectivity index (χ3n) is 4.47. The van der Waals surface area contributed by atoms with E-state index in [0.29, 0.717) is 34.4 Å². The average molecular weight is 388 g/mol. The van der Waals surface area contributed by atoms with Crippen molar-refractivity contribution >= 4 is 28.2 Å². The van der Waals surface area contributed by atoms with Crippen molar-refractivity contribution < 1.29 is 19.1 Å². The molecule has 0 fully saturated rings. The molecule has 1 aliphatic carbocycles. The predicted molar refractivity (Wildman–Crippen MR) is 107 cm³/mol. The molecule has 1 amide bonds. The summed E-state index contributed by atoms with van der Waals surface area (Å²) in [4.78, 5) is 26.2. The summed E-state index contributed by atoms with van der Waals surface area (Å²) >= 11 is 1.48. The van der Waals surface area contributed by atoms with Crippen molar-refractivity contribution in [3.8, 4) is 5.75 Å². The second-order valence-electron chi connectivity index (χ2n) is 7.09. The number of anilines is 1. The lowest BCUT2D eigenvalue weighted by molar-refractivity contribution is 0.0601. The van der Waals surface area contributed by atoms with E-state index in [1.165, 1.54) is 23.3 Å². The van der Waals surface area contributed by atoms with Crippen LogP contribution in [0.4, 0.5) is 5.00 Å². The van der Waals surface area contributed by atoms with Gasteiger partial charge in [0, 0.05) is 10.4 Å². The first-order chi connectivity index (χ1) is 13.0. The Morgan fingerprint density at radius 2 is 2.00 bits per heavy atom. The summed E-state index contributed by atoms with van der Waals surface area (Å²) in [5.41, 5.74) is 2.04. The number of thiophene rings is 1. The summed E-state index contributed by atoms with van der Waals surface area (Å²) in [6.07, 6.45) is 3.95. The number of carbonyl (C=O) groups is 2. The molecule has 1 aliphatic rings. The van der Waals surface area contributed by atoms with E-state index in [-0.39, 0.29) is 5.91 Å². The summed E-state index contributed by atoms with van der Waals surface area (Å²) in [7, 11) is 1.37. The monoisotopic (exact) mass is 387 g/mol. The normalized spacial score (nSPS) is 13.2. The lowest BCUT2D eigenvalue weighted by Gasteiger charge is -2.12. The molecule has 144 valence electrons. The van der Waals surface area contributed by atoms with Crippen molar-refractivity contribution in [1.29, 1.82) is 0 Å². The molecule has 0 saturated carbocycles. The van der Waals surface area contributed by atoms with Gasteiger partial charge in [0.05, 0.1) is 19.3 Å². The Balaban J connectivity index is 1.83. The van der Waals surface area contributed by atoms with Crippen molar-refractivity contribution in [3.05, 3.63) is 45.8 Å². The number of methoxy groups -OCH3 is 1. The van der Waals surface area contributed by atoms with Crippen LogP contribution in [0.3, 0.4) is 0 Å². The van der Waals surface area contributed by atoms with Gasteiger partial charge in [-0.05, 0) is 55.4 Å². The van der Waals surface area contributed by atoms with E-state index >= 15 is 0 Å². The molecule has 0 atom stereocenters. The second kappa shape index (κ2) is 8.57. The lowest BCUT2D eigenvalue weighted by Crippen LogP contribution is -2.15. The first-order valence-electron chi connectivity index (χ1n) is 9.26. The van der Waals surface area contributed by atoms with Crippen LogP contribution in [0.5, 0.6) is 5.75 Å². The number of nitrogens with one attached hydrogen (secondary N) is 1. The Bertz CT molecular complexity index is 841. The van der Waals surface area contributed by atoms with Crippen LogP contribution in [-0.4, -0.2) is 25.6 Å². The number of esters is 1. The summed E-state index contributed by atoms with van der Waals surface area (Å²) in [5, 5.41) is 3.49. The van der Waals surface area contributed by atoms with Crippen LogP contribution in [0.25, 0.3) is 0 Å². The second-order valence-corrected chi connectivity index (χ2v) is 8.20. The number of aryl methyl sites for hydroxylation is 1. The SMILES string of the molecule is COC(=O)c1c(NC(=O)c2cccc(OCC(C)C)c2)sc2c1CCCC2. The van der Waals surface area contributed by atoms with Crippen LogP contribution in [0.2, 0.25) is 0 Å². The summed E-state index contributed by atoms with van der Waals surface area (Å²) in [5.74, 6) is 0.421. The van der Waals surface area contributed by atoms with Crippen molar-refractivity contribution in [2.75, 3.05) is 19.0 Å². The Labute approximate surface area is 163 Å². The lowest BCUT2D eigenvalue weighted by atomic mass is 9.95. The van der Waals surface area contributed by atoms with Crippen LogP contribution in [0.1, 0.15) is 57.8 Å². The van der Waals surface area contributed by atoms with Crippen LogP contribution in [-0.2, 0) is 17.6 Å². The highest BCUT2D eigenvalue weighted by Crippen LogP contribution is 2.38. The molecule has 5 nitrogen and oxygen atoms in total. The predicted octanol–water partition coefficient (Wildman–Crippen LogP) is 4.70.